The normalized spacial score (nSPS) is 12.2. The summed E-state index contributed by atoms with van der Waals surface area (Å²) in [5, 5.41) is 11.1. The molecule has 0 bridgehead atoms. The van der Waals surface area contributed by atoms with Crippen LogP contribution in [0.15, 0.2) is 17.0 Å². The van der Waals surface area contributed by atoms with Gasteiger partial charge >= 0.3 is 12.1 Å². The smallest absolute Gasteiger partial charge is 0.408 e. The predicted molar refractivity (Wildman–Crippen MR) is 56.1 cm³/mol. The van der Waals surface area contributed by atoms with Crippen LogP contribution in [0.4, 0.5) is 4.79 Å². The van der Waals surface area contributed by atoms with Crippen molar-refractivity contribution in [2.75, 3.05) is 0 Å². The number of carboxylic acid groups (broad SMARTS) is 1. The van der Waals surface area contributed by atoms with E-state index in [2.05, 4.69) is 10.3 Å². The van der Waals surface area contributed by atoms with Gasteiger partial charge in [-0.2, -0.15) is 0 Å². The Morgan fingerprint density at radius 2 is 2.29 bits per heavy atom. The molecule has 0 fully saturated rings. The van der Waals surface area contributed by atoms with Crippen LogP contribution in [0.5, 0.6) is 0 Å². The summed E-state index contributed by atoms with van der Waals surface area (Å²) < 4.78 is 9.62. The Bertz CT molecular complexity index is 374. The lowest BCUT2D eigenvalue weighted by atomic mass is 10.1. The van der Waals surface area contributed by atoms with Gasteiger partial charge in [0.1, 0.15) is 6.04 Å². The highest BCUT2D eigenvalue weighted by Gasteiger charge is 2.24. The zero-order valence-corrected chi connectivity index (χ0v) is 9.54. The van der Waals surface area contributed by atoms with Gasteiger partial charge in [0.25, 0.3) is 0 Å². The van der Waals surface area contributed by atoms with Gasteiger partial charge in [-0.05, 0) is 5.92 Å². The molecule has 2 N–H and O–H groups in total. The van der Waals surface area contributed by atoms with Gasteiger partial charge in [0.05, 0.1) is 6.20 Å². The Morgan fingerprint density at radius 3 is 2.76 bits per heavy atom. The van der Waals surface area contributed by atoms with Crippen LogP contribution in [0.3, 0.4) is 0 Å². The van der Waals surface area contributed by atoms with Crippen LogP contribution in [0.25, 0.3) is 0 Å². The van der Waals surface area contributed by atoms with Crippen LogP contribution in [0.2, 0.25) is 0 Å². The van der Waals surface area contributed by atoms with E-state index in [1.807, 2.05) is 0 Å². The van der Waals surface area contributed by atoms with E-state index < -0.39 is 18.1 Å². The summed E-state index contributed by atoms with van der Waals surface area (Å²) in [5.74, 6) is -0.946. The van der Waals surface area contributed by atoms with E-state index in [9.17, 15) is 9.59 Å². The average molecular weight is 242 g/mol. The first-order valence-electron chi connectivity index (χ1n) is 5.04. The molecular formula is C10H14N2O5. The van der Waals surface area contributed by atoms with E-state index in [4.69, 9.17) is 14.3 Å². The fourth-order valence-corrected chi connectivity index (χ4v) is 1.13. The zero-order chi connectivity index (χ0) is 12.8. The monoisotopic (exact) mass is 242 g/mol. The summed E-state index contributed by atoms with van der Waals surface area (Å²) in [7, 11) is 0. The fourth-order valence-electron chi connectivity index (χ4n) is 1.13. The molecule has 1 atom stereocenters. The Morgan fingerprint density at radius 1 is 1.59 bits per heavy atom. The van der Waals surface area contributed by atoms with E-state index in [0.29, 0.717) is 5.76 Å². The van der Waals surface area contributed by atoms with Gasteiger partial charge in [0.15, 0.2) is 18.8 Å². The molecule has 7 nitrogen and oxygen atoms in total. The number of ether oxygens (including phenoxy) is 1. The molecule has 1 aromatic heterocycles. The lowest BCUT2D eigenvalue weighted by Gasteiger charge is -2.17. The number of aliphatic carboxylic acids is 1. The van der Waals surface area contributed by atoms with E-state index >= 15 is 0 Å². The number of nitrogens with one attached hydrogen (secondary N) is 1. The topological polar surface area (TPSA) is 102 Å². The highest BCUT2D eigenvalue weighted by Crippen LogP contribution is 2.03. The molecule has 0 aliphatic rings. The predicted octanol–water partition coefficient (Wildman–Crippen LogP) is 1.01. The van der Waals surface area contributed by atoms with Crippen LogP contribution in [-0.2, 0) is 16.1 Å². The quantitative estimate of drug-likeness (QED) is 0.798. The molecule has 7 heteroatoms. The number of hydrogen-bond donors (Lipinski definition) is 2. The summed E-state index contributed by atoms with van der Waals surface area (Å²) in [5.41, 5.74) is 0. The van der Waals surface area contributed by atoms with Crippen LogP contribution in [0, 0.1) is 5.92 Å². The van der Waals surface area contributed by atoms with Crippen molar-refractivity contribution in [2.24, 2.45) is 5.92 Å². The molecule has 0 aromatic carbocycles. The van der Waals surface area contributed by atoms with Crippen molar-refractivity contribution in [3.63, 3.8) is 0 Å². The summed E-state index contributed by atoms with van der Waals surface area (Å²) in [6, 6.07) is -0.975. The van der Waals surface area contributed by atoms with Crippen molar-refractivity contribution in [2.45, 2.75) is 26.5 Å². The van der Waals surface area contributed by atoms with E-state index in [-0.39, 0.29) is 12.5 Å². The molecule has 0 radical (unpaired) electrons. The highest BCUT2D eigenvalue weighted by atomic mass is 16.6. The van der Waals surface area contributed by atoms with Gasteiger partial charge in [-0.3, -0.25) is 0 Å². The Hall–Kier alpha value is -2.05. The zero-order valence-electron chi connectivity index (χ0n) is 9.54. The molecule has 1 heterocycles. The number of aromatic nitrogens is 1. The number of nitrogens with zero attached hydrogens (tertiary/aromatic N) is 1. The molecule has 0 spiro atoms. The fraction of sp³-hybridized carbons (Fsp3) is 0.500. The van der Waals surface area contributed by atoms with E-state index in [1.165, 1.54) is 12.6 Å². The summed E-state index contributed by atoms with van der Waals surface area (Å²) in [6.07, 6.45) is 1.82. The van der Waals surface area contributed by atoms with Crippen LogP contribution in [-0.4, -0.2) is 28.2 Å². The SMILES string of the molecule is CC(C)[C@H](NC(=O)OCc1cnco1)C(=O)O. The third-order valence-corrected chi connectivity index (χ3v) is 2.04. The maximum atomic E-state index is 11.3. The van der Waals surface area contributed by atoms with Crippen molar-refractivity contribution in [1.82, 2.24) is 10.3 Å². The van der Waals surface area contributed by atoms with Crippen molar-refractivity contribution < 1.29 is 23.8 Å². The molecule has 1 amide bonds. The maximum Gasteiger partial charge on any atom is 0.408 e. The molecule has 0 aliphatic carbocycles. The molecular weight excluding hydrogens is 228 g/mol. The summed E-state index contributed by atoms with van der Waals surface area (Å²) >= 11 is 0. The van der Waals surface area contributed by atoms with Gasteiger partial charge in [-0.1, -0.05) is 13.8 Å². The number of carbonyl (C=O) groups excluding carboxylic acids is 1. The lowest BCUT2D eigenvalue weighted by molar-refractivity contribution is -0.140. The van der Waals surface area contributed by atoms with Gasteiger partial charge in [0, 0.05) is 0 Å². The average Bonchev–Trinajstić information content (AvgIpc) is 2.74. The minimum Gasteiger partial charge on any atom is -0.480 e. The third kappa shape index (κ3) is 4.13. The van der Waals surface area contributed by atoms with Gasteiger partial charge < -0.3 is 19.6 Å². The number of rotatable bonds is 5. The Kier molecular flexibility index (Phi) is 4.50. The largest absolute Gasteiger partial charge is 0.480 e. The van der Waals surface area contributed by atoms with Crippen LogP contribution >= 0.6 is 0 Å². The lowest BCUT2D eigenvalue weighted by Crippen LogP contribution is -2.44. The third-order valence-electron chi connectivity index (χ3n) is 2.04. The highest BCUT2D eigenvalue weighted by molar-refractivity contribution is 5.80. The number of oxazole rings is 1. The number of alkyl carbamates (subject to hydrolysis) is 1. The maximum absolute atomic E-state index is 11.3. The molecule has 0 unspecified atom stereocenters. The molecule has 0 saturated heterocycles. The molecule has 1 rings (SSSR count). The Labute approximate surface area is 97.8 Å². The van der Waals surface area contributed by atoms with Gasteiger partial charge in [0.2, 0.25) is 0 Å². The standard InChI is InChI=1S/C10H14N2O5/c1-6(2)8(9(13)14)12-10(15)16-4-7-3-11-5-17-7/h3,5-6,8H,4H2,1-2H3,(H,12,15)(H,13,14)/t8-/m0/s1. The molecule has 1 aromatic rings. The van der Waals surface area contributed by atoms with E-state index in [0.717, 1.165) is 0 Å². The van der Waals surface area contributed by atoms with Gasteiger partial charge in [-0.15, -0.1) is 0 Å². The molecule has 0 saturated carbocycles. The molecule has 94 valence electrons. The number of amides is 1. The minimum atomic E-state index is -1.10. The molecule has 0 aliphatic heterocycles. The van der Waals surface area contributed by atoms with Crippen molar-refractivity contribution in [1.29, 1.82) is 0 Å². The van der Waals surface area contributed by atoms with E-state index in [1.54, 1.807) is 13.8 Å². The first-order chi connectivity index (χ1) is 8.00. The number of carbonyl (C=O) groups is 2. The number of hydrogen-bond acceptors (Lipinski definition) is 5. The second kappa shape index (κ2) is 5.88. The second-order valence-corrected chi connectivity index (χ2v) is 3.75. The van der Waals surface area contributed by atoms with Crippen LogP contribution in [0.1, 0.15) is 19.6 Å². The van der Waals surface area contributed by atoms with Crippen molar-refractivity contribution >= 4 is 12.1 Å². The number of carboxylic acids is 1. The summed E-state index contributed by atoms with van der Waals surface area (Å²) in [4.78, 5) is 25.8. The Balaban J connectivity index is 2.40. The van der Waals surface area contributed by atoms with Crippen molar-refractivity contribution in [3.05, 3.63) is 18.4 Å². The van der Waals surface area contributed by atoms with Crippen molar-refractivity contribution in [3.8, 4) is 0 Å². The van der Waals surface area contributed by atoms with Gasteiger partial charge in [-0.25, -0.2) is 14.6 Å². The molecule has 17 heavy (non-hydrogen) atoms. The first kappa shape index (κ1) is 13.0. The minimum absolute atomic E-state index is 0.0870. The second-order valence-electron chi connectivity index (χ2n) is 3.75. The first-order valence-corrected chi connectivity index (χ1v) is 5.04. The van der Waals surface area contributed by atoms with Crippen LogP contribution < -0.4 is 5.32 Å². The summed E-state index contributed by atoms with van der Waals surface area (Å²) in [6.45, 7) is 3.29.